The van der Waals surface area contributed by atoms with Crippen LogP contribution in [0.3, 0.4) is 0 Å². The summed E-state index contributed by atoms with van der Waals surface area (Å²) in [7, 11) is -2.40. The second kappa shape index (κ2) is 10.8. The van der Waals surface area contributed by atoms with Gasteiger partial charge < -0.3 is 4.74 Å². The Labute approximate surface area is 224 Å². The number of halogens is 1. The fourth-order valence-corrected chi connectivity index (χ4v) is 7.24. The molecule has 1 fully saturated rings. The standard InChI is InChI=1S/C27H27FN4O4S2/c1-18-9-10-22(36-2)24-25(18)37-27(30-24)32(17-19-6-5-13-29-16-19)26(33)20-11-14-31(15-12-20)38(34,35)23-8-4-3-7-21(23)28/h3-10,13,16,20H,11-12,14-15,17H2,1-2H3. The Hall–Kier alpha value is -3.41. The number of piperidine rings is 1. The molecule has 0 aliphatic carbocycles. The number of nitrogens with zero attached hydrogens (tertiary/aromatic N) is 4. The van der Waals surface area contributed by atoms with Gasteiger partial charge in [-0.1, -0.05) is 35.6 Å². The van der Waals surface area contributed by atoms with E-state index in [0.29, 0.717) is 29.2 Å². The highest BCUT2D eigenvalue weighted by molar-refractivity contribution is 7.89. The van der Waals surface area contributed by atoms with E-state index in [0.717, 1.165) is 21.9 Å². The lowest BCUT2D eigenvalue weighted by Crippen LogP contribution is -2.44. The summed E-state index contributed by atoms with van der Waals surface area (Å²) in [5, 5.41) is 0.544. The molecule has 4 aromatic rings. The van der Waals surface area contributed by atoms with Gasteiger partial charge in [0, 0.05) is 31.4 Å². The van der Waals surface area contributed by atoms with Crippen molar-refractivity contribution in [1.29, 1.82) is 0 Å². The van der Waals surface area contributed by atoms with Crippen molar-refractivity contribution in [3.05, 3.63) is 77.9 Å². The fourth-order valence-electron chi connectivity index (χ4n) is 4.65. The number of aryl methyl sites for hydroxylation is 1. The van der Waals surface area contributed by atoms with Crippen LogP contribution in [-0.4, -0.2) is 48.8 Å². The molecule has 11 heteroatoms. The Balaban J connectivity index is 1.42. The summed E-state index contributed by atoms with van der Waals surface area (Å²) in [6, 6.07) is 12.9. The van der Waals surface area contributed by atoms with Crippen LogP contribution in [0.1, 0.15) is 24.0 Å². The third kappa shape index (κ3) is 5.01. The Bertz CT molecular complexity index is 1570. The molecule has 198 valence electrons. The molecule has 0 N–H and O–H groups in total. The van der Waals surface area contributed by atoms with Crippen LogP contribution < -0.4 is 9.64 Å². The van der Waals surface area contributed by atoms with Crippen LogP contribution in [0.4, 0.5) is 9.52 Å². The average Bonchev–Trinajstić information content (AvgIpc) is 3.39. The molecule has 3 heterocycles. The predicted octanol–water partition coefficient (Wildman–Crippen LogP) is 4.78. The number of carbonyl (C=O) groups excluding carboxylic acids is 1. The summed E-state index contributed by atoms with van der Waals surface area (Å²) < 4.78 is 48.0. The summed E-state index contributed by atoms with van der Waals surface area (Å²) in [6.45, 7) is 2.52. The highest BCUT2D eigenvalue weighted by Crippen LogP contribution is 2.38. The van der Waals surface area contributed by atoms with E-state index in [4.69, 9.17) is 9.72 Å². The van der Waals surface area contributed by atoms with E-state index in [-0.39, 0.29) is 30.4 Å². The molecular formula is C27H27FN4O4S2. The van der Waals surface area contributed by atoms with Crippen molar-refractivity contribution in [3.8, 4) is 5.75 Å². The topological polar surface area (TPSA) is 92.7 Å². The zero-order valence-electron chi connectivity index (χ0n) is 21.0. The molecule has 1 aliphatic heterocycles. The van der Waals surface area contributed by atoms with Gasteiger partial charge in [0.1, 0.15) is 22.0 Å². The highest BCUT2D eigenvalue weighted by atomic mass is 32.2. The zero-order chi connectivity index (χ0) is 26.9. The van der Waals surface area contributed by atoms with Crippen LogP contribution in [0.15, 0.2) is 65.8 Å². The minimum atomic E-state index is -3.99. The Kier molecular flexibility index (Phi) is 7.42. The lowest BCUT2D eigenvalue weighted by atomic mass is 9.96. The number of fused-ring (bicyclic) bond motifs is 1. The molecule has 0 radical (unpaired) electrons. The number of benzene rings is 2. The molecule has 0 atom stereocenters. The van der Waals surface area contributed by atoms with Crippen LogP contribution in [0.25, 0.3) is 10.2 Å². The quantitative estimate of drug-likeness (QED) is 0.327. The summed E-state index contributed by atoms with van der Waals surface area (Å²) in [5.74, 6) is -0.690. The number of rotatable bonds is 7. The van der Waals surface area contributed by atoms with E-state index in [1.165, 1.54) is 33.8 Å². The number of amides is 1. The van der Waals surface area contributed by atoms with Crippen molar-refractivity contribution in [2.45, 2.75) is 31.2 Å². The summed E-state index contributed by atoms with van der Waals surface area (Å²) in [5.41, 5.74) is 2.58. The number of aromatic nitrogens is 2. The monoisotopic (exact) mass is 554 g/mol. The maximum atomic E-state index is 14.2. The first-order valence-electron chi connectivity index (χ1n) is 12.2. The van der Waals surface area contributed by atoms with Gasteiger partial charge in [-0.15, -0.1) is 0 Å². The van der Waals surface area contributed by atoms with Crippen molar-refractivity contribution >= 4 is 42.6 Å². The molecule has 1 amide bonds. The Morgan fingerprint density at radius 3 is 2.61 bits per heavy atom. The van der Waals surface area contributed by atoms with Crippen molar-refractivity contribution in [2.24, 2.45) is 5.92 Å². The molecular weight excluding hydrogens is 527 g/mol. The number of hydrogen-bond acceptors (Lipinski definition) is 7. The molecule has 1 aliphatic rings. The molecule has 2 aromatic heterocycles. The highest BCUT2D eigenvalue weighted by Gasteiger charge is 2.36. The summed E-state index contributed by atoms with van der Waals surface area (Å²) in [6.07, 6.45) is 4.03. The largest absolute Gasteiger partial charge is 0.494 e. The van der Waals surface area contributed by atoms with Gasteiger partial charge >= 0.3 is 0 Å². The van der Waals surface area contributed by atoms with Gasteiger partial charge in [0.25, 0.3) is 0 Å². The number of thiazole rings is 1. The molecule has 0 spiro atoms. The first-order chi connectivity index (χ1) is 18.3. The second-order valence-electron chi connectivity index (χ2n) is 9.15. The maximum absolute atomic E-state index is 14.2. The van der Waals surface area contributed by atoms with Crippen molar-refractivity contribution in [3.63, 3.8) is 0 Å². The number of methoxy groups -OCH3 is 1. The van der Waals surface area contributed by atoms with Gasteiger partial charge in [-0.25, -0.2) is 17.8 Å². The van der Waals surface area contributed by atoms with E-state index in [2.05, 4.69) is 4.98 Å². The summed E-state index contributed by atoms with van der Waals surface area (Å²) in [4.78, 5) is 24.2. The van der Waals surface area contributed by atoms with Crippen molar-refractivity contribution in [1.82, 2.24) is 14.3 Å². The molecule has 8 nitrogen and oxygen atoms in total. The molecule has 1 saturated heterocycles. The van der Waals surface area contributed by atoms with Crippen LogP contribution in [0.2, 0.25) is 0 Å². The van der Waals surface area contributed by atoms with Gasteiger partial charge in [-0.3, -0.25) is 14.7 Å². The number of hydrogen-bond donors (Lipinski definition) is 0. The average molecular weight is 555 g/mol. The van der Waals surface area contributed by atoms with E-state index in [1.807, 2.05) is 31.2 Å². The molecule has 0 unspecified atom stereocenters. The van der Waals surface area contributed by atoms with Crippen LogP contribution in [0, 0.1) is 18.7 Å². The number of carbonyl (C=O) groups is 1. The van der Waals surface area contributed by atoms with Gasteiger partial charge in [-0.05, 0) is 55.2 Å². The number of ether oxygens (including phenoxy) is 1. The third-order valence-electron chi connectivity index (χ3n) is 6.73. The Morgan fingerprint density at radius 2 is 1.92 bits per heavy atom. The van der Waals surface area contributed by atoms with Crippen LogP contribution >= 0.6 is 11.3 Å². The third-order valence-corrected chi connectivity index (χ3v) is 9.88. The molecule has 0 saturated carbocycles. The van der Waals surface area contributed by atoms with E-state index in [1.54, 1.807) is 24.4 Å². The second-order valence-corrected chi connectivity index (χ2v) is 12.0. The first kappa shape index (κ1) is 26.2. The Morgan fingerprint density at radius 1 is 1.16 bits per heavy atom. The lowest BCUT2D eigenvalue weighted by molar-refractivity contribution is -0.123. The summed E-state index contributed by atoms with van der Waals surface area (Å²) >= 11 is 1.42. The zero-order valence-corrected chi connectivity index (χ0v) is 22.6. The van der Waals surface area contributed by atoms with E-state index < -0.39 is 21.8 Å². The smallest absolute Gasteiger partial charge is 0.245 e. The van der Waals surface area contributed by atoms with Gasteiger partial charge in [-0.2, -0.15) is 4.31 Å². The number of pyridine rings is 1. The molecule has 2 aromatic carbocycles. The maximum Gasteiger partial charge on any atom is 0.245 e. The molecule has 0 bridgehead atoms. The minimum absolute atomic E-state index is 0.126. The fraction of sp³-hybridized carbons (Fsp3) is 0.296. The molecule has 38 heavy (non-hydrogen) atoms. The predicted molar refractivity (Wildman–Crippen MR) is 144 cm³/mol. The van der Waals surface area contributed by atoms with Crippen molar-refractivity contribution in [2.75, 3.05) is 25.1 Å². The molecule has 5 rings (SSSR count). The van der Waals surface area contributed by atoms with Crippen molar-refractivity contribution < 1.29 is 22.3 Å². The van der Waals surface area contributed by atoms with Gasteiger partial charge in [0.05, 0.1) is 18.4 Å². The van der Waals surface area contributed by atoms with E-state index >= 15 is 0 Å². The minimum Gasteiger partial charge on any atom is -0.494 e. The van der Waals surface area contributed by atoms with Gasteiger partial charge in [0.15, 0.2) is 5.13 Å². The van der Waals surface area contributed by atoms with Gasteiger partial charge in [0.2, 0.25) is 15.9 Å². The number of anilines is 1. The van der Waals surface area contributed by atoms with Crippen LogP contribution in [0.5, 0.6) is 5.75 Å². The normalized spacial score (nSPS) is 15.0. The lowest BCUT2D eigenvalue weighted by Gasteiger charge is -2.33. The van der Waals surface area contributed by atoms with Crippen LogP contribution in [-0.2, 0) is 21.4 Å². The SMILES string of the molecule is COc1ccc(C)c2sc(N(Cc3cccnc3)C(=O)C3CCN(S(=O)(=O)c4ccccc4F)CC3)nc12. The van der Waals surface area contributed by atoms with E-state index in [9.17, 15) is 17.6 Å². The first-order valence-corrected chi connectivity index (χ1v) is 14.4. The number of sulfonamides is 1.